The standard InChI is InChI=1S/C28H21Cl2N3O2/c1-17-2-6-19(7-3-17)24-14-21(16-31)28(33-26(24)23-11-10-22(29)15-25(23)30)35-13-12-18-4-8-20(9-5-18)27(32)34/h2-11,14-15H,12-13H2,1H3,(H2,32,34). The molecule has 0 radical (unpaired) electrons. The summed E-state index contributed by atoms with van der Waals surface area (Å²) in [4.78, 5) is 16.0. The second kappa shape index (κ2) is 10.6. The number of ether oxygens (including phenoxy) is 1. The van der Waals surface area contributed by atoms with Crippen LogP contribution in [0, 0.1) is 18.3 Å². The van der Waals surface area contributed by atoms with E-state index in [0.29, 0.717) is 38.9 Å². The Bertz CT molecular complexity index is 1430. The Balaban J connectivity index is 1.70. The molecule has 4 aromatic rings. The maximum absolute atomic E-state index is 11.3. The number of aryl methyl sites for hydroxylation is 1. The van der Waals surface area contributed by atoms with Crippen LogP contribution in [0.2, 0.25) is 10.0 Å². The largest absolute Gasteiger partial charge is 0.476 e. The first-order valence-electron chi connectivity index (χ1n) is 10.8. The zero-order chi connectivity index (χ0) is 24.9. The van der Waals surface area contributed by atoms with E-state index in [9.17, 15) is 10.1 Å². The van der Waals surface area contributed by atoms with Crippen molar-refractivity contribution in [2.24, 2.45) is 5.73 Å². The molecule has 2 N–H and O–H groups in total. The summed E-state index contributed by atoms with van der Waals surface area (Å²) in [6.07, 6.45) is 0.558. The van der Waals surface area contributed by atoms with Crippen LogP contribution < -0.4 is 10.5 Å². The fourth-order valence-electron chi connectivity index (χ4n) is 3.63. The molecule has 1 aromatic heterocycles. The van der Waals surface area contributed by atoms with E-state index in [1.807, 2.05) is 43.3 Å². The third kappa shape index (κ3) is 5.63. The number of carbonyl (C=O) groups is 1. The minimum absolute atomic E-state index is 0.220. The summed E-state index contributed by atoms with van der Waals surface area (Å²) in [6.45, 7) is 2.30. The van der Waals surface area contributed by atoms with Crippen molar-refractivity contribution < 1.29 is 9.53 Å². The molecule has 0 fully saturated rings. The number of aromatic nitrogens is 1. The molecule has 0 aliphatic heterocycles. The van der Waals surface area contributed by atoms with Crippen LogP contribution in [0.15, 0.2) is 72.8 Å². The lowest BCUT2D eigenvalue weighted by molar-refractivity contribution is 0.100. The normalized spacial score (nSPS) is 10.6. The van der Waals surface area contributed by atoms with Crippen molar-refractivity contribution in [2.45, 2.75) is 13.3 Å². The molecule has 0 aliphatic rings. The van der Waals surface area contributed by atoms with E-state index in [1.165, 1.54) is 0 Å². The molecule has 0 spiro atoms. The smallest absolute Gasteiger partial charge is 0.248 e. The molecule has 4 rings (SSSR count). The number of rotatable bonds is 7. The molecule has 0 atom stereocenters. The highest BCUT2D eigenvalue weighted by atomic mass is 35.5. The lowest BCUT2D eigenvalue weighted by Crippen LogP contribution is -2.11. The number of nitriles is 1. The number of nitrogens with two attached hydrogens (primary N) is 1. The van der Waals surface area contributed by atoms with Crippen molar-refractivity contribution >= 4 is 29.1 Å². The van der Waals surface area contributed by atoms with Gasteiger partial charge in [0, 0.05) is 28.1 Å². The molecule has 0 saturated heterocycles. The Kier molecular flexibility index (Phi) is 7.36. The van der Waals surface area contributed by atoms with E-state index >= 15 is 0 Å². The minimum atomic E-state index is -0.474. The van der Waals surface area contributed by atoms with Crippen molar-refractivity contribution in [3.05, 3.63) is 105 Å². The summed E-state index contributed by atoms with van der Waals surface area (Å²) < 4.78 is 5.95. The number of carbonyl (C=O) groups excluding carboxylic acids is 1. The van der Waals surface area contributed by atoms with E-state index in [2.05, 4.69) is 6.07 Å². The van der Waals surface area contributed by atoms with E-state index < -0.39 is 5.91 Å². The molecule has 1 heterocycles. The van der Waals surface area contributed by atoms with Gasteiger partial charge in [-0.3, -0.25) is 4.79 Å². The first-order valence-corrected chi connectivity index (χ1v) is 11.6. The zero-order valence-corrected chi connectivity index (χ0v) is 20.4. The number of nitrogens with zero attached hydrogens (tertiary/aromatic N) is 2. The number of pyridine rings is 1. The van der Waals surface area contributed by atoms with E-state index in [-0.39, 0.29) is 12.5 Å². The van der Waals surface area contributed by atoms with Gasteiger partial charge in [-0.05, 0) is 54.4 Å². The summed E-state index contributed by atoms with van der Waals surface area (Å²) in [7, 11) is 0. The van der Waals surface area contributed by atoms with Crippen molar-refractivity contribution in [1.82, 2.24) is 4.98 Å². The molecule has 174 valence electrons. The summed E-state index contributed by atoms with van der Waals surface area (Å²) in [5.74, 6) is -0.254. The highest BCUT2D eigenvalue weighted by Gasteiger charge is 2.18. The molecule has 0 bridgehead atoms. The number of amides is 1. The summed E-state index contributed by atoms with van der Waals surface area (Å²) >= 11 is 12.6. The molecule has 5 nitrogen and oxygen atoms in total. The predicted octanol–water partition coefficient (Wildman–Crippen LogP) is 6.62. The molecule has 0 unspecified atom stereocenters. The Labute approximate surface area is 213 Å². The SMILES string of the molecule is Cc1ccc(-c2cc(C#N)c(OCCc3ccc(C(N)=O)cc3)nc2-c2ccc(Cl)cc2Cl)cc1. The summed E-state index contributed by atoms with van der Waals surface area (Å²) in [6, 6.07) is 24.1. The van der Waals surface area contributed by atoms with Gasteiger partial charge in [0.2, 0.25) is 11.8 Å². The number of halogens is 2. The van der Waals surface area contributed by atoms with E-state index in [0.717, 1.165) is 22.3 Å². The van der Waals surface area contributed by atoms with Crippen molar-refractivity contribution in [1.29, 1.82) is 5.26 Å². The van der Waals surface area contributed by atoms with Gasteiger partial charge in [0.15, 0.2) is 0 Å². The maximum Gasteiger partial charge on any atom is 0.248 e. The molecule has 1 amide bonds. The van der Waals surface area contributed by atoms with Crippen LogP contribution in [0.25, 0.3) is 22.4 Å². The Hall–Kier alpha value is -3.85. The van der Waals surface area contributed by atoms with Crippen LogP contribution in [-0.2, 0) is 6.42 Å². The van der Waals surface area contributed by atoms with Crippen molar-refractivity contribution in [3.8, 4) is 34.3 Å². The van der Waals surface area contributed by atoms with Gasteiger partial charge in [-0.2, -0.15) is 5.26 Å². The lowest BCUT2D eigenvalue weighted by Gasteiger charge is -2.15. The molecule has 0 aliphatic carbocycles. The molecule has 0 saturated carbocycles. The fraction of sp³-hybridized carbons (Fsp3) is 0.107. The average Bonchev–Trinajstić information content (AvgIpc) is 2.85. The average molecular weight is 502 g/mol. The highest BCUT2D eigenvalue weighted by Crippen LogP contribution is 2.38. The van der Waals surface area contributed by atoms with Gasteiger partial charge in [0.05, 0.1) is 17.3 Å². The number of hydrogen-bond acceptors (Lipinski definition) is 4. The number of benzene rings is 3. The third-order valence-corrected chi connectivity index (χ3v) is 6.07. The van der Waals surface area contributed by atoms with Crippen LogP contribution >= 0.6 is 23.2 Å². The number of hydrogen-bond donors (Lipinski definition) is 1. The Morgan fingerprint density at radius 2 is 1.71 bits per heavy atom. The zero-order valence-electron chi connectivity index (χ0n) is 18.9. The van der Waals surface area contributed by atoms with Gasteiger partial charge in [-0.1, -0.05) is 65.2 Å². The van der Waals surface area contributed by atoms with E-state index in [4.69, 9.17) is 38.7 Å². The predicted molar refractivity (Wildman–Crippen MR) is 139 cm³/mol. The molecular formula is C28H21Cl2N3O2. The first-order chi connectivity index (χ1) is 16.9. The van der Waals surface area contributed by atoms with Gasteiger partial charge in [0.1, 0.15) is 11.6 Å². The van der Waals surface area contributed by atoms with E-state index in [1.54, 1.807) is 36.4 Å². The maximum atomic E-state index is 11.3. The van der Waals surface area contributed by atoms with Crippen LogP contribution in [0.3, 0.4) is 0 Å². The minimum Gasteiger partial charge on any atom is -0.476 e. The second-order valence-electron chi connectivity index (χ2n) is 8.00. The summed E-state index contributed by atoms with van der Waals surface area (Å²) in [5, 5.41) is 10.8. The lowest BCUT2D eigenvalue weighted by atomic mass is 9.97. The monoisotopic (exact) mass is 501 g/mol. The van der Waals surface area contributed by atoms with Crippen LogP contribution in [0.5, 0.6) is 5.88 Å². The van der Waals surface area contributed by atoms with Crippen molar-refractivity contribution in [3.63, 3.8) is 0 Å². The van der Waals surface area contributed by atoms with Gasteiger partial charge < -0.3 is 10.5 Å². The van der Waals surface area contributed by atoms with Gasteiger partial charge in [-0.25, -0.2) is 4.98 Å². The summed E-state index contributed by atoms with van der Waals surface area (Å²) in [5.41, 5.74) is 11.1. The quantitative estimate of drug-likeness (QED) is 0.308. The number of primary amides is 1. The van der Waals surface area contributed by atoms with Gasteiger partial charge in [-0.15, -0.1) is 0 Å². The fourth-order valence-corrected chi connectivity index (χ4v) is 4.13. The molecule has 7 heteroatoms. The van der Waals surface area contributed by atoms with Crippen molar-refractivity contribution in [2.75, 3.05) is 6.61 Å². The van der Waals surface area contributed by atoms with Gasteiger partial charge >= 0.3 is 0 Å². The topological polar surface area (TPSA) is 89.0 Å². The first kappa shape index (κ1) is 24.3. The Morgan fingerprint density at radius 1 is 1.00 bits per heavy atom. The van der Waals surface area contributed by atoms with Crippen LogP contribution in [-0.4, -0.2) is 17.5 Å². The van der Waals surface area contributed by atoms with Crippen LogP contribution in [0.4, 0.5) is 0 Å². The molecule has 3 aromatic carbocycles. The third-order valence-electron chi connectivity index (χ3n) is 5.52. The molecule has 35 heavy (non-hydrogen) atoms. The highest BCUT2D eigenvalue weighted by molar-refractivity contribution is 6.36. The van der Waals surface area contributed by atoms with Crippen LogP contribution in [0.1, 0.15) is 27.0 Å². The molecular weight excluding hydrogens is 481 g/mol. The Morgan fingerprint density at radius 3 is 2.34 bits per heavy atom. The second-order valence-corrected chi connectivity index (χ2v) is 8.84. The van der Waals surface area contributed by atoms with Gasteiger partial charge in [0.25, 0.3) is 0 Å².